The summed E-state index contributed by atoms with van der Waals surface area (Å²) in [6.07, 6.45) is 1.48. The molecule has 2 atom stereocenters. The highest BCUT2D eigenvalue weighted by atomic mass is 32.2. The third kappa shape index (κ3) is 2.74. The van der Waals surface area contributed by atoms with Gasteiger partial charge in [-0.2, -0.15) is 0 Å². The van der Waals surface area contributed by atoms with Gasteiger partial charge in [0, 0.05) is 24.5 Å². The van der Waals surface area contributed by atoms with Crippen LogP contribution < -0.4 is 0 Å². The van der Waals surface area contributed by atoms with E-state index in [2.05, 4.69) is 33.8 Å². The van der Waals surface area contributed by atoms with Crippen molar-refractivity contribution < 1.29 is 4.74 Å². The van der Waals surface area contributed by atoms with Crippen LogP contribution in [0.25, 0.3) is 11.4 Å². The number of nitrogens with zero attached hydrogens (tertiary/aromatic N) is 3. The third-order valence-corrected chi connectivity index (χ3v) is 5.20. The lowest BCUT2D eigenvalue weighted by Gasteiger charge is -2.13. The van der Waals surface area contributed by atoms with E-state index in [1.54, 1.807) is 0 Å². The molecule has 20 heavy (non-hydrogen) atoms. The Morgan fingerprint density at radius 1 is 1.30 bits per heavy atom. The smallest absolute Gasteiger partial charge is 0.163 e. The van der Waals surface area contributed by atoms with Crippen molar-refractivity contribution in [2.45, 2.75) is 30.5 Å². The summed E-state index contributed by atoms with van der Waals surface area (Å²) in [5, 5.41) is 9.22. The van der Waals surface area contributed by atoms with Crippen LogP contribution in [0.1, 0.15) is 19.2 Å². The highest BCUT2D eigenvalue weighted by Gasteiger charge is 2.25. The van der Waals surface area contributed by atoms with Gasteiger partial charge in [0.05, 0.1) is 11.9 Å². The molecule has 2 heterocycles. The first-order valence-corrected chi connectivity index (χ1v) is 7.97. The van der Waals surface area contributed by atoms with Crippen LogP contribution in [0, 0.1) is 0 Å². The van der Waals surface area contributed by atoms with Gasteiger partial charge in [0.25, 0.3) is 0 Å². The third-order valence-electron chi connectivity index (χ3n) is 3.73. The molecular formula is C15H19N3OS. The van der Waals surface area contributed by atoms with Crippen LogP contribution in [0.2, 0.25) is 0 Å². The molecule has 1 saturated heterocycles. The lowest BCUT2D eigenvalue weighted by atomic mass is 10.2. The van der Waals surface area contributed by atoms with E-state index >= 15 is 0 Å². The fourth-order valence-corrected chi connectivity index (χ4v) is 3.67. The molecule has 0 N–H and O–H groups in total. The molecule has 4 nitrogen and oxygen atoms in total. The van der Waals surface area contributed by atoms with Crippen molar-refractivity contribution in [1.82, 2.24) is 14.8 Å². The predicted molar refractivity (Wildman–Crippen MR) is 81.6 cm³/mol. The summed E-state index contributed by atoms with van der Waals surface area (Å²) in [5.74, 6) is 2.83. The molecule has 5 heteroatoms. The van der Waals surface area contributed by atoms with Crippen LogP contribution in [0.3, 0.4) is 0 Å². The first kappa shape index (κ1) is 13.6. The molecule has 1 fully saturated rings. The SMILES string of the molecule is CC1OCCC1SCc1nnc(-c2ccccc2)n1C. The maximum absolute atomic E-state index is 5.59. The second-order valence-corrected chi connectivity index (χ2v) is 6.31. The Bertz CT molecular complexity index is 570. The predicted octanol–water partition coefficient (Wildman–Crippen LogP) is 2.89. The Morgan fingerprint density at radius 2 is 2.10 bits per heavy atom. The van der Waals surface area contributed by atoms with E-state index in [0.29, 0.717) is 11.4 Å². The zero-order valence-electron chi connectivity index (χ0n) is 11.8. The molecule has 2 unspecified atom stereocenters. The van der Waals surface area contributed by atoms with Crippen LogP contribution in [0.15, 0.2) is 30.3 Å². The summed E-state index contributed by atoms with van der Waals surface area (Å²) in [6.45, 7) is 3.03. The Labute approximate surface area is 123 Å². The first-order valence-electron chi connectivity index (χ1n) is 6.92. The Kier molecular flexibility index (Phi) is 4.08. The molecule has 1 aromatic carbocycles. The molecular weight excluding hydrogens is 270 g/mol. The van der Waals surface area contributed by atoms with E-state index in [0.717, 1.165) is 36.0 Å². The monoisotopic (exact) mass is 289 g/mol. The minimum Gasteiger partial charge on any atom is -0.377 e. The van der Waals surface area contributed by atoms with Gasteiger partial charge in [-0.25, -0.2) is 0 Å². The second kappa shape index (κ2) is 5.97. The van der Waals surface area contributed by atoms with E-state index in [9.17, 15) is 0 Å². The highest BCUT2D eigenvalue weighted by molar-refractivity contribution is 7.99. The van der Waals surface area contributed by atoms with Gasteiger partial charge < -0.3 is 9.30 Å². The van der Waals surface area contributed by atoms with Crippen molar-refractivity contribution >= 4 is 11.8 Å². The van der Waals surface area contributed by atoms with Gasteiger partial charge in [-0.05, 0) is 13.3 Å². The fourth-order valence-electron chi connectivity index (χ4n) is 2.44. The van der Waals surface area contributed by atoms with Crippen molar-refractivity contribution in [1.29, 1.82) is 0 Å². The number of hydrogen-bond donors (Lipinski definition) is 0. The molecule has 1 aliphatic rings. The number of rotatable bonds is 4. The molecule has 0 radical (unpaired) electrons. The van der Waals surface area contributed by atoms with Gasteiger partial charge in [-0.3, -0.25) is 0 Å². The number of aromatic nitrogens is 3. The Morgan fingerprint density at radius 3 is 2.80 bits per heavy atom. The zero-order chi connectivity index (χ0) is 13.9. The van der Waals surface area contributed by atoms with Gasteiger partial charge in [0.1, 0.15) is 5.82 Å². The van der Waals surface area contributed by atoms with Gasteiger partial charge in [0.15, 0.2) is 5.82 Å². The summed E-state index contributed by atoms with van der Waals surface area (Å²) in [5.41, 5.74) is 1.11. The molecule has 106 valence electrons. The number of thioether (sulfide) groups is 1. The molecule has 0 amide bonds. The quantitative estimate of drug-likeness (QED) is 0.867. The van der Waals surface area contributed by atoms with E-state index in [4.69, 9.17) is 4.74 Å². The molecule has 0 bridgehead atoms. The van der Waals surface area contributed by atoms with Gasteiger partial charge in [-0.1, -0.05) is 30.3 Å². The van der Waals surface area contributed by atoms with Crippen LogP contribution >= 0.6 is 11.8 Å². The summed E-state index contributed by atoms with van der Waals surface area (Å²) in [6, 6.07) is 10.2. The van der Waals surface area contributed by atoms with Crippen LogP contribution in [0.5, 0.6) is 0 Å². The fraction of sp³-hybridized carbons (Fsp3) is 0.467. The van der Waals surface area contributed by atoms with Gasteiger partial charge >= 0.3 is 0 Å². The molecule has 1 aromatic heterocycles. The average Bonchev–Trinajstić information content (AvgIpc) is 3.04. The lowest BCUT2D eigenvalue weighted by molar-refractivity contribution is 0.127. The van der Waals surface area contributed by atoms with Crippen molar-refractivity contribution in [3.05, 3.63) is 36.2 Å². The van der Waals surface area contributed by atoms with Crippen LogP contribution in [-0.4, -0.2) is 32.7 Å². The molecule has 0 aliphatic carbocycles. The summed E-state index contributed by atoms with van der Waals surface area (Å²) in [4.78, 5) is 0. The molecule has 2 aromatic rings. The van der Waals surface area contributed by atoms with Crippen molar-refractivity contribution in [3.63, 3.8) is 0 Å². The van der Waals surface area contributed by atoms with Crippen molar-refractivity contribution in [2.24, 2.45) is 7.05 Å². The lowest BCUT2D eigenvalue weighted by Crippen LogP contribution is -2.14. The minimum absolute atomic E-state index is 0.349. The Hall–Kier alpha value is -1.33. The van der Waals surface area contributed by atoms with E-state index in [-0.39, 0.29) is 0 Å². The van der Waals surface area contributed by atoms with E-state index in [1.165, 1.54) is 0 Å². The van der Waals surface area contributed by atoms with E-state index < -0.39 is 0 Å². The Balaban J connectivity index is 1.71. The van der Waals surface area contributed by atoms with Gasteiger partial charge in [-0.15, -0.1) is 22.0 Å². The summed E-state index contributed by atoms with van der Waals surface area (Å²) in [7, 11) is 2.03. The standard InChI is InChI=1S/C15H19N3OS/c1-11-13(8-9-19-11)20-10-14-16-17-15(18(14)2)12-6-4-3-5-7-12/h3-7,11,13H,8-10H2,1-2H3. The first-order chi connectivity index (χ1) is 9.75. The van der Waals surface area contributed by atoms with Crippen LogP contribution in [-0.2, 0) is 17.5 Å². The largest absolute Gasteiger partial charge is 0.377 e. The average molecular weight is 289 g/mol. The maximum atomic E-state index is 5.59. The maximum Gasteiger partial charge on any atom is 0.163 e. The van der Waals surface area contributed by atoms with Crippen molar-refractivity contribution in [2.75, 3.05) is 6.61 Å². The van der Waals surface area contributed by atoms with Crippen molar-refractivity contribution in [3.8, 4) is 11.4 Å². The minimum atomic E-state index is 0.349. The van der Waals surface area contributed by atoms with Gasteiger partial charge in [0.2, 0.25) is 0 Å². The van der Waals surface area contributed by atoms with Crippen LogP contribution in [0.4, 0.5) is 0 Å². The second-order valence-electron chi connectivity index (χ2n) is 5.08. The molecule has 0 saturated carbocycles. The summed E-state index contributed by atoms with van der Waals surface area (Å²) >= 11 is 1.92. The normalized spacial score (nSPS) is 22.3. The summed E-state index contributed by atoms with van der Waals surface area (Å²) < 4.78 is 7.68. The number of ether oxygens (including phenoxy) is 1. The topological polar surface area (TPSA) is 39.9 Å². The zero-order valence-corrected chi connectivity index (χ0v) is 12.6. The molecule has 3 rings (SSSR count). The highest BCUT2D eigenvalue weighted by Crippen LogP contribution is 2.29. The molecule has 0 spiro atoms. The number of hydrogen-bond acceptors (Lipinski definition) is 4. The number of benzene rings is 1. The van der Waals surface area contributed by atoms with E-state index in [1.807, 2.05) is 37.0 Å². The molecule has 1 aliphatic heterocycles.